The highest BCUT2D eigenvalue weighted by Gasteiger charge is 2.31. The molecule has 0 saturated carbocycles. The second-order valence-electron chi connectivity index (χ2n) is 23.5. The third kappa shape index (κ3) is 14.9. The first kappa shape index (κ1) is 56.8. The molecule has 12 rings (SSSR count). The first-order valence-electron chi connectivity index (χ1n) is 27.4. The number of allylic oxidation sites excluding steroid dienone is 2. The minimum atomic E-state index is -0.496. The molecule has 4 aliphatic rings. The molecule has 0 spiro atoms. The molecule has 4 aromatic heterocycles. The number of nitrogens with one attached hydrogen (secondary N) is 1. The second-order valence-corrected chi connectivity index (χ2v) is 26.8. The fourth-order valence-electron chi connectivity index (χ4n) is 9.90. The Hall–Kier alpha value is -5.91. The molecule has 4 aliphatic heterocycles. The van der Waals surface area contributed by atoms with Crippen molar-refractivity contribution in [1.82, 2.24) is 32.6 Å². The van der Waals surface area contributed by atoms with Crippen LogP contribution in [0.3, 0.4) is 0 Å². The number of ether oxygens (including phenoxy) is 2. The van der Waals surface area contributed by atoms with Gasteiger partial charge in [-0.1, -0.05) is 64.1 Å². The summed E-state index contributed by atoms with van der Waals surface area (Å²) in [5.41, 5.74) is 6.92. The number of rotatable bonds is 4. The minimum Gasteiger partial charge on any atom is -0.443 e. The fourth-order valence-corrected chi connectivity index (χ4v) is 12.4. The van der Waals surface area contributed by atoms with Gasteiger partial charge >= 0.3 is 12.2 Å². The van der Waals surface area contributed by atoms with Crippen LogP contribution in [-0.2, 0) is 9.47 Å². The zero-order valence-corrected chi connectivity index (χ0v) is 50.0. The van der Waals surface area contributed by atoms with E-state index < -0.39 is 11.2 Å². The van der Waals surface area contributed by atoms with Gasteiger partial charge in [-0.05, 0) is 227 Å². The maximum atomic E-state index is 12.6. The molecule has 2 amide bonds. The van der Waals surface area contributed by atoms with Crippen LogP contribution < -0.4 is 5.32 Å². The molecule has 3 unspecified atom stereocenters. The van der Waals surface area contributed by atoms with E-state index in [1.807, 2.05) is 66.3 Å². The number of hydrogen-bond donors (Lipinski definition) is 1. The van der Waals surface area contributed by atoms with Crippen LogP contribution in [0.25, 0.3) is 51.7 Å². The number of amides is 2. The number of piperidine rings is 1. The molecular weight excluding hydrogens is 1050 g/mol. The number of aliphatic imine (C=N–C) groups is 1. The molecule has 0 bridgehead atoms. The molecule has 0 radical (unpaired) electrons. The van der Waals surface area contributed by atoms with Crippen LogP contribution >= 0.6 is 46.1 Å². The van der Waals surface area contributed by atoms with Crippen LogP contribution in [0.5, 0.6) is 0 Å². The summed E-state index contributed by atoms with van der Waals surface area (Å²) in [6, 6.07) is 26.2. The average Bonchev–Trinajstić information content (AvgIpc) is 4.28. The minimum absolute atomic E-state index is 0.279. The summed E-state index contributed by atoms with van der Waals surface area (Å²) in [7, 11) is 0. The molecule has 5 atom stereocenters. The van der Waals surface area contributed by atoms with Gasteiger partial charge in [-0.2, -0.15) is 17.5 Å². The molecule has 8 aromatic rings. The van der Waals surface area contributed by atoms with Crippen LogP contribution in [0.15, 0.2) is 115 Å². The van der Waals surface area contributed by atoms with Crippen molar-refractivity contribution in [3.8, 4) is 0 Å². The Balaban J connectivity index is 0.000000128. The summed E-state index contributed by atoms with van der Waals surface area (Å²) in [6.45, 7) is 23.7. The second kappa shape index (κ2) is 25.0. The Bertz CT molecular complexity index is 3310. The zero-order valence-electron chi connectivity index (χ0n) is 46.7. The van der Waals surface area contributed by atoms with Crippen LogP contribution in [0.1, 0.15) is 136 Å². The molecule has 8 heterocycles. The van der Waals surface area contributed by atoms with Gasteiger partial charge in [-0.25, -0.2) is 9.59 Å². The van der Waals surface area contributed by atoms with Crippen molar-refractivity contribution in [2.24, 2.45) is 28.7 Å². The van der Waals surface area contributed by atoms with E-state index in [-0.39, 0.29) is 12.2 Å². The molecule has 410 valence electrons. The first-order valence-corrected chi connectivity index (χ1v) is 30.5. The van der Waals surface area contributed by atoms with Crippen molar-refractivity contribution in [1.29, 1.82) is 0 Å². The maximum absolute atomic E-state index is 12.6. The summed E-state index contributed by atoms with van der Waals surface area (Å²) in [6.07, 6.45) is 18.3. The predicted octanol–water partition coefficient (Wildman–Crippen LogP) is 16.7. The lowest BCUT2D eigenvalue weighted by Gasteiger charge is -2.34. The van der Waals surface area contributed by atoms with Gasteiger partial charge in [0.2, 0.25) is 0 Å². The Morgan fingerprint density at radius 2 is 0.974 bits per heavy atom. The molecule has 1 saturated heterocycles. The molecule has 4 aromatic carbocycles. The number of carbonyl (C=O) groups excluding carboxylic acids is 2. The number of fused-ring (bicyclic) bond motifs is 4. The lowest BCUT2D eigenvalue weighted by molar-refractivity contribution is 0.0316. The monoisotopic (exact) mass is 1120 g/mol. The first-order chi connectivity index (χ1) is 37.3. The van der Waals surface area contributed by atoms with E-state index in [9.17, 15) is 9.59 Å². The molecular formula is C62H74N8O4S4. The number of hydrogen-bond acceptors (Lipinski definition) is 14. The van der Waals surface area contributed by atoms with Crippen molar-refractivity contribution in [3.63, 3.8) is 0 Å². The molecule has 1 N–H and O–H groups in total. The summed E-state index contributed by atoms with van der Waals surface area (Å²) in [5, 5.41) is 8.36. The van der Waals surface area contributed by atoms with Gasteiger partial charge < -0.3 is 14.8 Å². The van der Waals surface area contributed by atoms with Crippen LogP contribution in [0.2, 0.25) is 0 Å². The molecule has 78 heavy (non-hydrogen) atoms. The highest BCUT2D eigenvalue weighted by Crippen LogP contribution is 2.35. The van der Waals surface area contributed by atoms with Crippen molar-refractivity contribution < 1.29 is 19.1 Å². The van der Waals surface area contributed by atoms with E-state index in [0.717, 1.165) is 86.9 Å². The largest absolute Gasteiger partial charge is 0.443 e. The van der Waals surface area contributed by atoms with E-state index in [0.29, 0.717) is 31.0 Å². The van der Waals surface area contributed by atoms with Gasteiger partial charge in [0.15, 0.2) is 0 Å². The van der Waals surface area contributed by atoms with Gasteiger partial charge in [0.05, 0.1) is 30.2 Å². The third-order valence-electron chi connectivity index (χ3n) is 14.1. The lowest BCUT2D eigenvalue weighted by atomic mass is 9.92. The van der Waals surface area contributed by atoms with E-state index in [1.165, 1.54) is 79.3 Å². The van der Waals surface area contributed by atoms with Crippen molar-refractivity contribution in [3.05, 3.63) is 132 Å². The van der Waals surface area contributed by atoms with Crippen molar-refractivity contribution in [2.45, 2.75) is 125 Å². The van der Waals surface area contributed by atoms with E-state index >= 15 is 0 Å². The van der Waals surface area contributed by atoms with Crippen LogP contribution in [-0.4, -0.2) is 82.6 Å². The van der Waals surface area contributed by atoms with Crippen LogP contribution in [0.4, 0.5) is 9.59 Å². The van der Waals surface area contributed by atoms with Crippen molar-refractivity contribution >= 4 is 116 Å². The van der Waals surface area contributed by atoms with Gasteiger partial charge in [-0.3, -0.25) is 14.8 Å². The zero-order chi connectivity index (χ0) is 55.1. The van der Waals surface area contributed by atoms with Gasteiger partial charge in [0.1, 0.15) is 11.2 Å². The van der Waals surface area contributed by atoms with E-state index in [4.69, 9.17) is 9.47 Å². The Labute approximate surface area is 476 Å². The summed E-state index contributed by atoms with van der Waals surface area (Å²) in [4.78, 5) is 33.4. The Kier molecular flexibility index (Phi) is 18.2. The standard InChI is InChI=1S/2C18H22N2O2S.C13H16N2S.C13H14N2S/c2*1-12-5-7-15(20(11-12)17(21)22-18(2,3)4)13-6-8-16-14(9-13)10-19-23-16;2*1-9-2-4-12(14-7-9)10-3-5-13-11(6-10)8-15-16-13/h2*6-10,12H,5,11H2,1-4H3;3,5-6,8-9,12,14H,2,4,7H2,1H3;3,5-6,8-9H,2,4,7H2,1H3/t;;9-,12+;/m..0./s1. The Morgan fingerprint density at radius 1 is 0.538 bits per heavy atom. The predicted molar refractivity (Wildman–Crippen MR) is 327 cm³/mol. The van der Waals surface area contributed by atoms with Gasteiger partial charge in [-0.15, -0.1) is 0 Å². The van der Waals surface area contributed by atoms with Crippen LogP contribution in [0, 0.1) is 23.7 Å². The fraction of sp³-hybridized carbons (Fsp3) is 0.435. The van der Waals surface area contributed by atoms with E-state index in [1.54, 1.807) is 32.9 Å². The molecule has 0 aliphatic carbocycles. The summed E-state index contributed by atoms with van der Waals surface area (Å²) in [5.74, 6) is 2.42. The number of nitrogens with zero attached hydrogens (tertiary/aromatic N) is 7. The average molecular weight is 1120 g/mol. The highest BCUT2D eigenvalue weighted by atomic mass is 32.1. The normalized spacial score (nSPS) is 20.8. The smallest absolute Gasteiger partial charge is 0.414 e. The van der Waals surface area contributed by atoms with Gasteiger partial charge in [0, 0.05) is 77.7 Å². The van der Waals surface area contributed by atoms with Gasteiger partial charge in [0.25, 0.3) is 0 Å². The molecule has 1 fully saturated rings. The summed E-state index contributed by atoms with van der Waals surface area (Å²) >= 11 is 6.09. The molecule has 12 nitrogen and oxygen atoms in total. The quantitative estimate of drug-likeness (QED) is 0.183. The number of carbonyl (C=O) groups is 2. The molecule has 16 heteroatoms. The third-order valence-corrected chi connectivity index (χ3v) is 17.2. The maximum Gasteiger partial charge on any atom is 0.414 e. The number of aromatic nitrogens is 4. The number of benzene rings is 4. The lowest BCUT2D eigenvalue weighted by Crippen LogP contribution is -2.39. The van der Waals surface area contributed by atoms with Crippen molar-refractivity contribution in [2.75, 3.05) is 26.2 Å². The topological polar surface area (TPSA) is 135 Å². The van der Waals surface area contributed by atoms with E-state index in [2.05, 4.69) is 140 Å². The summed E-state index contributed by atoms with van der Waals surface area (Å²) < 4.78 is 32.9. The Morgan fingerprint density at radius 3 is 1.40 bits per heavy atom. The SMILES string of the molecule is CC1CC=C(c2ccc3sncc3c2)N(C(=O)OC(C)(C)C)C1.CC1CC=C(c2ccc3sncc3c2)N(C(=O)OC(C)(C)C)C1.CC1CCC(c2ccc3sncc3c2)=NC1.C[C@H]1CC[C@H](c2ccc3sncc3c2)NC1. The highest BCUT2D eigenvalue weighted by molar-refractivity contribution is 7.14.